The highest BCUT2D eigenvalue weighted by atomic mass is 15.0. The molecule has 0 aliphatic carbocycles. The van der Waals surface area contributed by atoms with Crippen LogP contribution in [0.25, 0.3) is 11.6 Å². The summed E-state index contributed by atoms with van der Waals surface area (Å²) in [6.45, 7) is 14.7. The molecule has 0 bridgehead atoms. The van der Waals surface area contributed by atoms with Gasteiger partial charge < -0.3 is 16.0 Å². The summed E-state index contributed by atoms with van der Waals surface area (Å²) in [5.41, 5.74) is 7.75. The van der Waals surface area contributed by atoms with E-state index in [-0.39, 0.29) is 0 Å². The molecule has 0 saturated heterocycles. The Bertz CT molecular complexity index is 1220. The summed E-state index contributed by atoms with van der Waals surface area (Å²) in [4.78, 5) is 4.51. The maximum absolute atomic E-state index is 4.51. The highest BCUT2D eigenvalue weighted by Crippen LogP contribution is 2.18. The summed E-state index contributed by atoms with van der Waals surface area (Å²) in [7, 11) is 1.99. The zero-order chi connectivity index (χ0) is 27.6. The second-order valence-electron chi connectivity index (χ2n) is 8.93. The molecular formula is C34H42N4. The van der Waals surface area contributed by atoms with Gasteiger partial charge >= 0.3 is 0 Å². The molecule has 0 aliphatic heterocycles. The van der Waals surface area contributed by atoms with E-state index < -0.39 is 0 Å². The fourth-order valence-corrected chi connectivity index (χ4v) is 3.57. The molecule has 0 atom stereocenters. The van der Waals surface area contributed by atoms with E-state index in [2.05, 4.69) is 83.5 Å². The normalized spacial score (nSPS) is 11.5. The maximum atomic E-state index is 4.51. The van der Waals surface area contributed by atoms with Gasteiger partial charge in [0.1, 0.15) is 5.82 Å². The van der Waals surface area contributed by atoms with Crippen molar-refractivity contribution in [3.63, 3.8) is 0 Å². The predicted octanol–water partition coefficient (Wildman–Crippen LogP) is 8.56. The first-order valence-electron chi connectivity index (χ1n) is 13.0. The van der Waals surface area contributed by atoms with E-state index in [0.29, 0.717) is 0 Å². The standard InChI is InChI=1S/C24H27N3.C10H15N/c1-6-20-9-8-10-23(17-20)27-24(7-2)25-16-15-19(5)21-11-13-22(14-12-21)26-18(3)4;1-11-9-5-8-10-6-3-2-4-7-10/h6-17,26-27H,1,3H2,2,4-5H3;2-4,6-7,11H,5,8-9H2,1H3/b19-15+,24-7+,25-16-;. The molecular weight excluding hydrogens is 464 g/mol. The molecule has 0 saturated carbocycles. The van der Waals surface area contributed by atoms with Crippen molar-refractivity contribution >= 4 is 29.2 Å². The number of aryl methyl sites for hydroxylation is 1. The second kappa shape index (κ2) is 17.3. The molecule has 3 rings (SSSR count). The quantitative estimate of drug-likeness (QED) is 0.170. The van der Waals surface area contributed by atoms with Crippen LogP contribution in [0.2, 0.25) is 0 Å². The molecule has 38 heavy (non-hydrogen) atoms. The van der Waals surface area contributed by atoms with Gasteiger partial charge in [0.25, 0.3) is 0 Å². The number of allylic oxidation sites excluding steroid dienone is 4. The van der Waals surface area contributed by atoms with E-state index in [1.165, 1.54) is 18.4 Å². The van der Waals surface area contributed by atoms with Gasteiger partial charge in [0, 0.05) is 23.3 Å². The zero-order valence-electron chi connectivity index (χ0n) is 23.3. The average Bonchev–Trinajstić information content (AvgIpc) is 2.93. The van der Waals surface area contributed by atoms with E-state index in [0.717, 1.165) is 46.1 Å². The summed E-state index contributed by atoms with van der Waals surface area (Å²) < 4.78 is 0. The lowest BCUT2D eigenvalue weighted by atomic mass is 10.1. The Kier molecular flexibility index (Phi) is 13.7. The van der Waals surface area contributed by atoms with E-state index in [1.807, 2.05) is 81.7 Å². The Morgan fingerprint density at radius 3 is 2.26 bits per heavy atom. The Morgan fingerprint density at radius 2 is 1.63 bits per heavy atom. The Hall–Kier alpha value is -4.15. The number of nitrogens with zero attached hydrogens (tertiary/aromatic N) is 1. The number of benzene rings is 3. The molecule has 0 heterocycles. The van der Waals surface area contributed by atoms with Crippen LogP contribution in [0, 0.1) is 0 Å². The van der Waals surface area contributed by atoms with Crippen molar-refractivity contribution in [3.05, 3.63) is 132 Å². The Balaban J connectivity index is 0.000000384. The van der Waals surface area contributed by atoms with Crippen molar-refractivity contribution in [2.45, 2.75) is 33.6 Å². The number of aliphatic imine (C=N–C) groups is 1. The number of anilines is 2. The van der Waals surface area contributed by atoms with Crippen molar-refractivity contribution in [1.82, 2.24) is 5.32 Å². The van der Waals surface area contributed by atoms with Crippen LogP contribution in [0.4, 0.5) is 11.4 Å². The van der Waals surface area contributed by atoms with Crippen LogP contribution >= 0.6 is 0 Å². The van der Waals surface area contributed by atoms with Crippen molar-refractivity contribution < 1.29 is 0 Å². The highest BCUT2D eigenvalue weighted by Gasteiger charge is 1.98. The van der Waals surface area contributed by atoms with Gasteiger partial charge in [0.2, 0.25) is 0 Å². The topological polar surface area (TPSA) is 48.5 Å². The van der Waals surface area contributed by atoms with Crippen LogP contribution in [-0.4, -0.2) is 19.8 Å². The first-order valence-corrected chi connectivity index (χ1v) is 13.0. The van der Waals surface area contributed by atoms with Gasteiger partial charge in [-0.3, -0.25) is 0 Å². The van der Waals surface area contributed by atoms with Crippen LogP contribution in [-0.2, 0) is 6.42 Å². The van der Waals surface area contributed by atoms with Gasteiger partial charge in [-0.1, -0.05) is 73.8 Å². The van der Waals surface area contributed by atoms with Crippen molar-refractivity contribution in [3.8, 4) is 0 Å². The van der Waals surface area contributed by atoms with Gasteiger partial charge in [-0.05, 0) is 106 Å². The van der Waals surface area contributed by atoms with Gasteiger partial charge in [-0.2, -0.15) is 0 Å². The summed E-state index contributed by atoms with van der Waals surface area (Å²) in [6.07, 6.45) is 10.00. The minimum Gasteiger partial charge on any atom is -0.360 e. The molecule has 198 valence electrons. The highest BCUT2D eigenvalue weighted by molar-refractivity contribution is 5.84. The number of hydrogen-bond donors (Lipinski definition) is 3. The number of rotatable bonds is 12. The summed E-state index contributed by atoms with van der Waals surface area (Å²) in [5.74, 6) is 0.793. The molecule has 3 aromatic carbocycles. The van der Waals surface area contributed by atoms with Crippen LogP contribution in [0.15, 0.2) is 121 Å². The minimum absolute atomic E-state index is 0.793. The second-order valence-corrected chi connectivity index (χ2v) is 8.93. The monoisotopic (exact) mass is 506 g/mol. The van der Waals surface area contributed by atoms with E-state index in [4.69, 9.17) is 0 Å². The third kappa shape index (κ3) is 11.7. The summed E-state index contributed by atoms with van der Waals surface area (Å²) in [5, 5.41) is 9.66. The zero-order valence-corrected chi connectivity index (χ0v) is 23.3. The molecule has 4 heteroatoms. The van der Waals surface area contributed by atoms with Gasteiger partial charge in [0.05, 0.1) is 0 Å². The molecule has 0 amide bonds. The molecule has 4 nitrogen and oxygen atoms in total. The SMILES string of the molecule is C=Cc1cccc(NC(=C/C)/N=C\C=C(/C)c2ccc(NC(=C)C)cc2)c1.CNCCCc1ccccc1. The van der Waals surface area contributed by atoms with Crippen molar-refractivity contribution in [2.75, 3.05) is 24.2 Å². The summed E-state index contributed by atoms with van der Waals surface area (Å²) in [6, 6.07) is 26.9. The Morgan fingerprint density at radius 1 is 0.895 bits per heavy atom. The fraction of sp³-hybridized carbons (Fsp3) is 0.206. The molecule has 0 spiro atoms. The lowest BCUT2D eigenvalue weighted by Gasteiger charge is -2.07. The molecule has 0 aliphatic rings. The smallest absolute Gasteiger partial charge is 0.125 e. The van der Waals surface area contributed by atoms with Gasteiger partial charge in [0.15, 0.2) is 0 Å². The van der Waals surface area contributed by atoms with Crippen LogP contribution in [0.3, 0.4) is 0 Å². The van der Waals surface area contributed by atoms with Crippen LogP contribution in [0.1, 0.15) is 43.9 Å². The lowest BCUT2D eigenvalue weighted by molar-refractivity contribution is 0.725. The first-order chi connectivity index (χ1) is 18.4. The molecule has 3 N–H and O–H groups in total. The number of hydrogen-bond acceptors (Lipinski definition) is 4. The largest absolute Gasteiger partial charge is 0.360 e. The number of nitrogens with one attached hydrogen (secondary N) is 3. The molecule has 0 fully saturated rings. The van der Waals surface area contributed by atoms with E-state index in [1.54, 1.807) is 0 Å². The molecule has 0 aromatic heterocycles. The third-order valence-corrected chi connectivity index (χ3v) is 5.64. The third-order valence-electron chi connectivity index (χ3n) is 5.64. The van der Waals surface area contributed by atoms with Gasteiger partial charge in [-0.15, -0.1) is 0 Å². The first kappa shape index (κ1) is 30.1. The lowest BCUT2D eigenvalue weighted by Crippen LogP contribution is -2.08. The fourth-order valence-electron chi connectivity index (χ4n) is 3.57. The summed E-state index contributed by atoms with van der Waals surface area (Å²) >= 11 is 0. The van der Waals surface area contributed by atoms with E-state index in [9.17, 15) is 0 Å². The molecule has 0 unspecified atom stereocenters. The molecule has 0 radical (unpaired) electrons. The maximum Gasteiger partial charge on any atom is 0.125 e. The van der Waals surface area contributed by atoms with Crippen molar-refractivity contribution in [2.24, 2.45) is 4.99 Å². The Labute approximate surface area is 229 Å². The van der Waals surface area contributed by atoms with Gasteiger partial charge in [-0.25, -0.2) is 4.99 Å². The van der Waals surface area contributed by atoms with Crippen molar-refractivity contribution in [1.29, 1.82) is 0 Å². The van der Waals surface area contributed by atoms with Crippen LogP contribution in [0.5, 0.6) is 0 Å². The predicted molar refractivity (Wildman–Crippen MR) is 170 cm³/mol. The van der Waals surface area contributed by atoms with E-state index >= 15 is 0 Å². The average molecular weight is 507 g/mol. The van der Waals surface area contributed by atoms with Crippen LogP contribution < -0.4 is 16.0 Å². The minimum atomic E-state index is 0.793. The molecule has 3 aromatic rings.